The van der Waals surface area contributed by atoms with Crippen molar-refractivity contribution in [2.45, 2.75) is 24.8 Å². The van der Waals surface area contributed by atoms with Gasteiger partial charge < -0.3 is 9.67 Å². The lowest BCUT2D eigenvalue weighted by molar-refractivity contribution is -0.140. The Morgan fingerprint density at radius 2 is 1.80 bits per heavy atom. The molecule has 0 radical (unpaired) electrons. The number of carboxylic acids is 1. The number of aliphatic carboxylic acids is 1. The molecule has 1 atom stereocenters. The molecule has 9 nitrogen and oxygen atoms in total. The fourth-order valence-corrected chi connectivity index (χ4v) is 6.61. The van der Waals surface area contributed by atoms with Gasteiger partial charge in [0.25, 0.3) is 0 Å². The lowest BCUT2D eigenvalue weighted by atomic mass is 10.1. The van der Waals surface area contributed by atoms with Crippen molar-refractivity contribution < 1.29 is 18.3 Å². The number of fused-ring (bicyclic) bond motifs is 3. The van der Waals surface area contributed by atoms with Gasteiger partial charge in [0, 0.05) is 33.4 Å². The predicted molar refractivity (Wildman–Crippen MR) is 135 cm³/mol. The summed E-state index contributed by atoms with van der Waals surface area (Å²) in [6, 6.07) is 13.5. The van der Waals surface area contributed by atoms with Gasteiger partial charge >= 0.3 is 5.97 Å². The molecule has 0 aliphatic heterocycles. The molecule has 0 unspecified atom stereocenters. The van der Waals surface area contributed by atoms with Crippen molar-refractivity contribution in [2.24, 2.45) is 13.0 Å². The lowest BCUT2D eigenvalue weighted by Gasteiger charge is -2.18. The second kappa shape index (κ2) is 8.59. The van der Waals surface area contributed by atoms with Crippen LogP contribution in [0.3, 0.4) is 0 Å². The highest BCUT2D eigenvalue weighted by Crippen LogP contribution is 2.36. The van der Waals surface area contributed by atoms with Crippen molar-refractivity contribution in [3.63, 3.8) is 0 Å². The molecule has 3 heterocycles. The van der Waals surface area contributed by atoms with Crippen LogP contribution in [-0.4, -0.2) is 45.1 Å². The summed E-state index contributed by atoms with van der Waals surface area (Å²) in [6.45, 7) is 3.32. The van der Waals surface area contributed by atoms with E-state index in [9.17, 15) is 18.3 Å². The molecule has 11 heteroatoms. The first-order chi connectivity index (χ1) is 16.6. The number of thiophene rings is 1. The van der Waals surface area contributed by atoms with Gasteiger partial charge in [-0.25, -0.2) is 13.1 Å². The fourth-order valence-electron chi connectivity index (χ4n) is 4.00. The summed E-state index contributed by atoms with van der Waals surface area (Å²) in [5.41, 5.74) is 2.56. The van der Waals surface area contributed by atoms with Crippen LogP contribution in [0.4, 0.5) is 0 Å². The Morgan fingerprint density at radius 3 is 2.46 bits per heavy atom. The first-order valence-corrected chi connectivity index (χ1v) is 13.2. The van der Waals surface area contributed by atoms with Crippen LogP contribution in [0.15, 0.2) is 65.8 Å². The first-order valence-electron chi connectivity index (χ1n) is 10.9. The maximum atomic E-state index is 12.9. The van der Waals surface area contributed by atoms with E-state index in [1.54, 1.807) is 30.7 Å². The van der Waals surface area contributed by atoms with Crippen molar-refractivity contribution in [1.29, 1.82) is 0 Å². The molecule has 0 amide bonds. The Kier molecular flexibility index (Phi) is 5.70. The van der Waals surface area contributed by atoms with Crippen LogP contribution < -0.4 is 4.72 Å². The first kappa shape index (κ1) is 23.2. The van der Waals surface area contributed by atoms with Crippen molar-refractivity contribution in [2.75, 3.05) is 0 Å². The molecule has 2 aromatic carbocycles. The number of nitrogens with zero attached hydrogens (tertiary/aromatic N) is 4. The Labute approximate surface area is 205 Å². The molecule has 2 N–H and O–H groups in total. The third-order valence-corrected chi connectivity index (χ3v) is 8.47. The zero-order valence-electron chi connectivity index (χ0n) is 19.2. The van der Waals surface area contributed by atoms with Gasteiger partial charge in [0.2, 0.25) is 10.0 Å². The Balaban J connectivity index is 1.50. The third kappa shape index (κ3) is 4.22. The molecule has 180 valence electrons. The third-order valence-electron chi connectivity index (χ3n) is 5.92. The van der Waals surface area contributed by atoms with E-state index >= 15 is 0 Å². The molecule has 0 aliphatic carbocycles. The molecule has 3 aromatic heterocycles. The maximum absolute atomic E-state index is 12.9. The van der Waals surface area contributed by atoms with Crippen molar-refractivity contribution >= 4 is 47.5 Å². The highest BCUT2D eigenvalue weighted by Gasteiger charge is 2.28. The highest BCUT2D eigenvalue weighted by atomic mass is 32.2. The van der Waals surface area contributed by atoms with E-state index in [0.717, 1.165) is 37.2 Å². The summed E-state index contributed by atoms with van der Waals surface area (Å²) in [5.74, 6) is -1.60. The number of rotatable bonds is 7. The molecular weight excluding hydrogens is 486 g/mol. The zero-order chi connectivity index (χ0) is 24.9. The van der Waals surface area contributed by atoms with E-state index in [1.807, 2.05) is 54.3 Å². The van der Waals surface area contributed by atoms with E-state index in [1.165, 1.54) is 17.4 Å². The molecule has 35 heavy (non-hydrogen) atoms. The molecule has 0 fully saturated rings. The van der Waals surface area contributed by atoms with Gasteiger partial charge in [-0.05, 0) is 42.3 Å². The lowest BCUT2D eigenvalue weighted by Crippen LogP contribution is -2.44. The van der Waals surface area contributed by atoms with Gasteiger partial charge in [-0.1, -0.05) is 31.2 Å². The summed E-state index contributed by atoms with van der Waals surface area (Å²) >= 11 is 1.47. The number of carbonyl (C=O) groups is 1. The second-order valence-corrected chi connectivity index (χ2v) is 11.5. The fraction of sp³-hybridized carbons (Fsp3) is 0.208. The van der Waals surface area contributed by atoms with Gasteiger partial charge in [-0.15, -0.1) is 16.4 Å². The predicted octanol–water partition coefficient (Wildman–Crippen LogP) is 4.03. The second-order valence-electron chi connectivity index (χ2n) is 8.67. The number of aryl methyl sites for hydroxylation is 1. The number of nitrogens with one attached hydrogen (secondary N) is 1. The minimum absolute atomic E-state index is 0.0344. The standard InChI is InChI=1S/C24H23N5O4S2/c1-14(2)23(24(30)31)26-35(32,33)16-7-9-18-17-8-6-15(11-21(17)34-22(18)12-16)29-13-19(25-27-29)20-5-4-10-28(20)3/h4-14,23,26H,1-3H3,(H,30,31)/t23-/m0/s1. The number of aromatic nitrogens is 4. The van der Waals surface area contributed by atoms with E-state index in [0.29, 0.717) is 0 Å². The minimum atomic E-state index is -4.00. The van der Waals surface area contributed by atoms with E-state index in [2.05, 4.69) is 15.0 Å². The van der Waals surface area contributed by atoms with Crippen LogP contribution in [-0.2, 0) is 21.9 Å². The number of carboxylic acid groups (broad SMARTS) is 1. The smallest absolute Gasteiger partial charge is 0.322 e. The molecule has 5 aromatic rings. The molecule has 0 bridgehead atoms. The topological polar surface area (TPSA) is 119 Å². The SMILES string of the molecule is CC(C)[C@H](NS(=O)(=O)c1ccc2c(c1)sc1cc(-n3cc(-c4cccn4C)nn3)ccc12)C(=O)O. The number of benzene rings is 2. The van der Waals surface area contributed by atoms with Crippen molar-refractivity contribution in [1.82, 2.24) is 24.3 Å². The molecule has 0 aliphatic rings. The van der Waals surface area contributed by atoms with Gasteiger partial charge in [0.05, 0.1) is 22.5 Å². The summed E-state index contributed by atoms with van der Waals surface area (Å²) in [4.78, 5) is 11.5. The Bertz CT molecular complexity index is 1680. The molecule has 0 spiro atoms. The van der Waals surface area contributed by atoms with Gasteiger partial charge in [0.1, 0.15) is 11.7 Å². The van der Waals surface area contributed by atoms with Gasteiger partial charge in [-0.3, -0.25) is 4.79 Å². The summed E-state index contributed by atoms with van der Waals surface area (Å²) in [7, 11) is -2.05. The monoisotopic (exact) mass is 509 g/mol. The average Bonchev–Trinajstić information content (AvgIpc) is 3.53. The number of sulfonamides is 1. The van der Waals surface area contributed by atoms with Crippen LogP contribution in [0.25, 0.3) is 37.2 Å². The van der Waals surface area contributed by atoms with Gasteiger partial charge in [0.15, 0.2) is 0 Å². The maximum Gasteiger partial charge on any atom is 0.322 e. The quantitative estimate of drug-likeness (QED) is 0.342. The van der Waals surface area contributed by atoms with Gasteiger partial charge in [-0.2, -0.15) is 4.72 Å². The summed E-state index contributed by atoms with van der Waals surface area (Å²) < 4.78 is 33.5. The van der Waals surface area contributed by atoms with Crippen molar-refractivity contribution in [3.8, 4) is 17.1 Å². The van der Waals surface area contributed by atoms with Crippen LogP contribution in [0.5, 0.6) is 0 Å². The van der Waals surface area contributed by atoms with Crippen LogP contribution >= 0.6 is 11.3 Å². The zero-order valence-corrected chi connectivity index (χ0v) is 20.8. The Hall–Kier alpha value is -3.54. The van der Waals surface area contributed by atoms with E-state index in [-0.39, 0.29) is 4.90 Å². The number of hydrogen-bond acceptors (Lipinski definition) is 6. The molecule has 0 saturated carbocycles. The normalized spacial score (nSPS) is 13.1. The van der Waals surface area contributed by atoms with Crippen LogP contribution in [0, 0.1) is 5.92 Å². The molecule has 0 saturated heterocycles. The van der Waals surface area contributed by atoms with Crippen LogP contribution in [0.2, 0.25) is 0 Å². The van der Waals surface area contributed by atoms with Crippen molar-refractivity contribution in [3.05, 3.63) is 60.9 Å². The average molecular weight is 510 g/mol. The van der Waals surface area contributed by atoms with E-state index in [4.69, 9.17) is 0 Å². The molecule has 5 rings (SSSR count). The number of hydrogen-bond donors (Lipinski definition) is 2. The van der Waals surface area contributed by atoms with Crippen LogP contribution in [0.1, 0.15) is 13.8 Å². The minimum Gasteiger partial charge on any atom is -0.480 e. The largest absolute Gasteiger partial charge is 0.480 e. The summed E-state index contributed by atoms with van der Waals surface area (Å²) in [5, 5.41) is 19.9. The van der Waals surface area contributed by atoms with E-state index < -0.39 is 28.0 Å². The summed E-state index contributed by atoms with van der Waals surface area (Å²) in [6.07, 6.45) is 3.82. The molecular formula is C24H23N5O4S2. The highest BCUT2D eigenvalue weighted by molar-refractivity contribution is 7.89. The Morgan fingerprint density at radius 1 is 1.09 bits per heavy atom.